The summed E-state index contributed by atoms with van der Waals surface area (Å²) < 4.78 is 24.7. The van der Waals surface area contributed by atoms with Crippen LogP contribution in [-0.2, 0) is 17.8 Å². The number of aromatic hydroxyl groups is 1. The van der Waals surface area contributed by atoms with Crippen LogP contribution >= 0.6 is 0 Å². The van der Waals surface area contributed by atoms with Gasteiger partial charge in [0.05, 0.1) is 18.8 Å². The first kappa shape index (κ1) is 20.8. The quantitative estimate of drug-likeness (QED) is 0.411. The summed E-state index contributed by atoms with van der Waals surface area (Å²) >= 11 is 0. The largest absolute Gasteiger partial charge is 0.507 e. The van der Waals surface area contributed by atoms with Crippen LogP contribution in [-0.4, -0.2) is 23.6 Å². The van der Waals surface area contributed by atoms with E-state index >= 15 is 0 Å². The van der Waals surface area contributed by atoms with Gasteiger partial charge in [0, 0.05) is 12.0 Å². The van der Waals surface area contributed by atoms with E-state index in [9.17, 15) is 14.3 Å². The lowest BCUT2D eigenvalue weighted by Gasteiger charge is -2.11. The minimum absolute atomic E-state index is 0.00545. The van der Waals surface area contributed by atoms with Crippen molar-refractivity contribution in [1.82, 2.24) is 0 Å². The van der Waals surface area contributed by atoms with Crippen LogP contribution in [0.5, 0.6) is 11.5 Å². The van der Waals surface area contributed by atoms with Crippen molar-refractivity contribution in [3.63, 3.8) is 0 Å². The van der Waals surface area contributed by atoms with E-state index in [0.717, 1.165) is 28.9 Å². The lowest BCUT2D eigenvalue weighted by atomic mass is 10.0. The zero-order chi connectivity index (χ0) is 21.8. The highest BCUT2D eigenvalue weighted by atomic mass is 19.1. The molecule has 158 valence electrons. The number of ether oxygens (including phenoxy) is 2. The third kappa shape index (κ3) is 5.01. The number of phenols is 1. The molecule has 0 bridgehead atoms. The Morgan fingerprint density at radius 2 is 1.97 bits per heavy atom. The first-order chi connectivity index (χ1) is 15.0. The van der Waals surface area contributed by atoms with Crippen LogP contribution in [0.15, 0.2) is 60.7 Å². The molecule has 0 spiro atoms. The van der Waals surface area contributed by atoms with Crippen LogP contribution in [0.25, 0.3) is 12.2 Å². The second-order valence-electron chi connectivity index (χ2n) is 7.59. The highest BCUT2D eigenvalue weighted by Gasteiger charge is 2.23. The fraction of sp³-hybridized carbons (Fsp3) is 0.192. The van der Waals surface area contributed by atoms with Crippen LogP contribution in [0.2, 0.25) is 0 Å². The predicted octanol–water partition coefficient (Wildman–Crippen LogP) is 5.42. The van der Waals surface area contributed by atoms with Crippen LogP contribution in [0.1, 0.15) is 39.5 Å². The smallest absolute Gasteiger partial charge is 0.163 e. The van der Waals surface area contributed by atoms with Crippen molar-refractivity contribution in [3.05, 3.63) is 94.3 Å². The molecular formula is C26H23FO4. The fourth-order valence-electron chi connectivity index (χ4n) is 3.59. The molecule has 5 heteroatoms. The summed E-state index contributed by atoms with van der Waals surface area (Å²) in [5.41, 5.74) is 3.90. The van der Waals surface area contributed by atoms with Crippen molar-refractivity contribution in [1.29, 1.82) is 0 Å². The van der Waals surface area contributed by atoms with Crippen molar-refractivity contribution in [2.24, 2.45) is 0 Å². The molecule has 0 fully saturated rings. The normalized spacial score (nSPS) is 15.1. The summed E-state index contributed by atoms with van der Waals surface area (Å²) in [7, 11) is 0. The maximum Gasteiger partial charge on any atom is 0.163 e. The van der Waals surface area contributed by atoms with E-state index in [1.165, 1.54) is 19.1 Å². The van der Waals surface area contributed by atoms with E-state index in [1.807, 2.05) is 18.2 Å². The molecule has 1 atom stereocenters. The standard InChI is InChI=1S/C26H23FO4/c1-17(28)24-4-2-3-20(26(24)29)9-5-18-8-12-25-21(13-18)14-23(31-25)16-30-15-19-6-10-22(27)11-7-19/h2-13,23,29H,14-16H2,1H3/b9-5+. The Balaban J connectivity index is 1.37. The summed E-state index contributed by atoms with van der Waals surface area (Å²) in [5.74, 6) is 0.406. The Kier molecular flexibility index (Phi) is 6.14. The number of carbonyl (C=O) groups excluding carboxylic acids is 1. The van der Waals surface area contributed by atoms with Crippen LogP contribution in [0.4, 0.5) is 4.39 Å². The number of halogens is 1. The van der Waals surface area contributed by atoms with Crippen molar-refractivity contribution in [3.8, 4) is 11.5 Å². The molecule has 0 saturated carbocycles. The lowest BCUT2D eigenvalue weighted by molar-refractivity contribution is 0.0510. The number of ketones is 1. The van der Waals surface area contributed by atoms with Gasteiger partial charge in [-0.05, 0) is 53.9 Å². The summed E-state index contributed by atoms with van der Waals surface area (Å²) in [6.07, 6.45) is 4.37. The van der Waals surface area contributed by atoms with Gasteiger partial charge in [-0.2, -0.15) is 0 Å². The third-order valence-electron chi connectivity index (χ3n) is 5.21. The summed E-state index contributed by atoms with van der Waals surface area (Å²) in [5, 5.41) is 10.3. The van der Waals surface area contributed by atoms with Gasteiger partial charge in [-0.25, -0.2) is 4.39 Å². The number of hydrogen-bond acceptors (Lipinski definition) is 4. The third-order valence-corrected chi connectivity index (χ3v) is 5.21. The van der Waals surface area contributed by atoms with Crippen molar-refractivity contribution < 1.29 is 23.8 Å². The Morgan fingerprint density at radius 3 is 2.74 bits per heavy atom. The van der Waals surface area contributed by atoms with Gasteiger partial charge in [0.1, 0.15) is 23.4 Å². The molecule has 1 aliphatic rings. The zero-order valence-electron chi connectivity index (χ0n) is 17.2. The lowest BCUT2D eigenvalue weighted by Crippen LogP contribution is -2.20. The van der Waals surface area contributed by atoms with E-state index in [4.69, 9.17) is 9.47 Å². The highest BCUT2D eigenvalue weighted by molar-refractivity contribution is 5.98. The molecular weight excluding hydrogens is 395 g/mol. The first-order valence-electron chi connectivity index (χ1n) is 10.1. The van der Waals surface area contributed by atoms with Crippen LogP contribution in [0.3, 0.4) is 0 Å². The number of carbonyl (C=O) groups is 1. The predicted molar refractivity (Wildman–Crippen MR) is 118 cm³/mol. The highest BCUT2D eigenvalue weighted by Crippen LogP contribution is 2.31. The minimum atomic E-state index is -0.259. The van der Waals surface area contributed by atoms with Gasteiger partial charge in [0.25, 0.3) is 0 Å². The maximum absolute atomic E-state index is 13.0. The number of benzene rings is 3. The van der Waals surface area contributed by atoms with E-state index in [-0.39, 0.29) is 23.5 Å². The molecule has 1 unspecified atom stereocenters. The van der Waals surface area contributed by atoms with Gasteiger partial charge in [-0.3, -0.25) is 4.79 Å². The van der Waals surface area contributed by atoms with E-state index in [1.54, 1.807) is 36.4 Å². The molecule has 1 N–H and O–H groups in total. The molecule has 3 aromatic carbocycles. The molecule has 4 nitrogen and oxygen atoms in total. The second-order valence-corrected chi connectivity index (χ2v) is 7.59. The Labute approximate surface area is 180 Å². The van der Waals surface area contributed by atoms with Crippen LogP contribution in [0, 0.1) is 5.82 Å². The van der Waals surface area contributed by atoms with E-state index < -0.39 is 0 Å². The molecule has 31 heavy (non-hydrogen) atoms. The molecule has 0 radical (unpaired) electrons. The fourth-order valence-corrected chi connectivity index (χ4v) is 3.59. The van der Waals surface area contributed by atoms with Crippen molar-refractivity contribution >= 4 is 17.9 Å². The van der Waals surface area contributed by atoms with Gasteiger partial charge < -0.3 is 14.6 Å². The molecule has 1 heterocycles. The monoisotopic (exact) mass is 418 g/mol. The van der Waals surface area contributed by atoms with Crippen molar-refractivity contribution in [2.75, 3.05) is 6.61 Å². The Morgan fingerprint density at radius 1 is 1.16 bits per heavy atom. The topological polar surface area (TPSA) is 55.8 Å². The molecule has 3 aromatic rings. The molecule has 0 saturated heterocycles. The molecule has 0 amide bonds. The average Bonchev–Trinajstić information content (AvgIpc) is 3.16. The van der Waals surface area contributed by atoms with E-state index in [2.05, 4.69) is 6.07 Å². The van der Waals surface area contributed by atoms with Gasteiger partial charge in [-0.15, -0.1) is 0 Å². The summed E-state index contributed by atoms with van der Waals surface area (Å²) in [6.45, 7) is 2.29. The van der Waals surface area contributed by atoms with Crippen LogP contribution < -0.4 is 4.74 Å². The number of Topliss-reactive ketones (excluding diaryl/α,β-unsaturated/α-hetero) is 1. The second kappa shape index (κ2) is 9.14. The summed E-state index contributed by atoms with van der Waals surface area (Å²) in [6, 6.07) is 17.3. The number of phenolic OH excluding ortho intramolecular Hbond substituents is 1. The van der Waals surface area contributed by atoms with Gasteiger partial charge in [0.2, 0.25) is 0 Å². The first-order valence-corrected chi connectivity index (χ1v) is 10.1. The molecule has 0 aromatic heterocycles. The van der Waals surface area contributed by atoms with E-state index in [0.29, 0.717) is 24.3 Å². The zero-order valence-corrected chi connectivity index (χ0v) is 17.2. The van der Waals surface area contributed by atoms with Crippen molar-refractivity contribution in [2.45, 2.75) is 26.1 Å². The number of rotatable bonds is 7. The number of fused-ring (bicyclic) bond motifs is 1. The average molecular weight is 418 g/mol. The summed E-state index contributed by atoms with van der Waals surface area (Å²) in [4.78, 5) is 11.6. The SMILES string of the molecule is CC(=O)c1cccc(/C=C/c2ccc3c(c2)CC(COCc2ccc(F)cc2)O3)c1O. The molecule has 0 aliphatic carbocycles. The minimum Gasteiger partial charge on any atom is -0.507 e. The van der Waals surface area contributed by atoms with Gasteiger partial charge in [-0.1, -0.05) is 42.5 Å². The van der Waals surface area contributed by atoms with Gasteiger partial charge in [0.15, 0.2) is 5.78 Å². The Hall–Kier alpha value is -3.44. The molecule has 4 rings (SSSR count). The maximum atomic E-state index is 13.0. The molecule has 1 aliphatic heterocycles. The number of hydrogen-bond donors (Lipinski definition) is 1. The van der Waals surface area contributed by atoms with Gasteiger partial charge >= 0.3 is 0 Å². The Bertz CT molecular complexity index is 1120. The number of para-hydroxylation sites is 1.